The average molecular weight is 178 g/mol. The Balaban J connectivity index is 2.28. The third-order valence-corrected chi connectivity index (χ3v) is 1.93. The van der Waals surface area contributed by atoms with Gasteiger partial charge in [-0.25, -0.2) is 0 Å². The van der Waals surface area contributed by atoms with Crippen LogP contribution in [-0.4, -0.2) is 5.11 Å². The lowest BCUT2D eigenvalue weighted by Crippen LogP contribution is -1.95. The molecule has 0 aliphatic heterocycles. The molecule has 13 heavy (non-hydrogen) atoms. The van der Waals surface area contributed by atoms with Crippen LogP contribution in [0.3, 0.4) is 0 Å². The number of aryl methyl sites for hydroxylation is 1. The van der Waals surface area contributed by atoms with Gasteiger partial charge in [0.1, 0.15) is 11.9 Å². The van der Waals surface area contributed by atoms with E-state index in [2.05, 4.69) is 0 Å². The van der Waals surface area contributed by atoms with Gasteiger partial charge in [0.2, 0.25) is 0 Å². The Morgan fingerprint density at radius 2 is 2.15 bits per heavy atom. The number of hydrogen-bond acceptors (Lipinski definition) is 3. The molecule has 2 rings (SSSR count). The van der Waals surface area contributed by atoms with E-state index in [0.29, 0.717) is 0 Å². The molecule has 2 aromatic heterocycles. The highest BCUT2D eigenvalue weighted by Gasteiger charge is 2.13. The maximum absolute atomic E-state index is 9.77. The fraction of sp³-hybridized carbons (Fsp3) is 0.200. The summed E-state index contributed by atoms with van der Waals surface area (Å²) in [5, 5.41) is 9.77. The van der Waals surface area contributed by atoms with Gasteiger partial charge in [-0.05, 0) is 19.1 Å². The summed E-state index contributed by atoms with van der Waals surface area (Å²) >= 11 is 0. The Morgan fingerprint density at radius 3 is 2.69 bits per heavy atom. The van der Waals surface area contributed by atoms with Crippen molar-refractivity contribution >= 4 is 0 Å². The lowest BCUT2D eigenvalue weighted by Gasteiger charge is -2.03. The first-order valence-electron chi connectivity index (χ1n) is 4.02. The third kappa shape index (κ3) is 1.51. The fourth-order valence-corrected chi connectivity index (χ4v) is 1.23. The van der Waals surface area contributed by atoms with Gasteiger partial charge in [0.25, 0.3) is 0 Å². The number of rotatable bonds is 2. The van der Waals surface area contributed by atoms with Crippen LogP contribution in [0, 0.1) is 6.92 Å². The van der Waals surface area contributed by atoms with Crippen LogP contribution >= 0.6 is 0 Å². The van der Waals surface area contributed by atoms with Gasteiger partial charge in [0.05, 0.1) is 18.8 Å². The van der Waals surface area contributed by atoms with Gasteiger partial charge in [0, 0.05) is 11.1 Å². The molecule has 68 valence electrons. The summed E-state index contributed by atoms with van der Waals surface area (Å²) in [6.45, 7) is 1.84. The van der Waals surface area contributed by atoms with E-state index in [4.69, 9.17) is 8.83 Å². The molecular formula is C10H10O3. The lowest BCUT2D eigenvalue weighted by atomic mass is 10.1. The van der Waals surface area contributed by atoms with Crippen LogP contribution in [0.2, 0.25) is 0 Å². The Morgan fingerprint density at radius 1 is 1.31 bits per heavy atom. The van der Waals surface area contributed by atoms with Crippen LogP contribution < -0.4 is 0 Å². The Labute approximate surface area is 75.6 Å². The van der Waals surface area contributed by atoms with Crippen molar-refractivity contribution in [2.24, 2.45) is 0 Å². The topological polar surface area (TPSA) is 46.5 Å². The molecule has 0 aliphatic rings. The van der Waals surface area contributed by atoms with Gasteiger partial charge in [-0.2, -0.15) is 0 Å². The number of hydrogen-bond donors (Lipinski definition) is 1. The Bertz CT molecular complexity index is 373. The quantitative estimate of drug-likeness (QED) is 0.767. The normalized spacial score (nSPS) is 13.1. The second-order valence-electron chi connectivity index (χ2n) is 2.95. The first-order chi connectivity index (χ1) is 6.27. The molecule has 1 N–H and O–H groups in total. The van der Waals surface area contributed by atoms with E-state index in [9.17, 15) is 5.11 Å². The molecule has 0 saturated carbocycles. The van der Waals surface area contributed by atoms with Crippen LogP contribution in [0.4, 0.5) is 0 Å². The average Bonchev–Trinajstić information content (AvgIpc) is 2.72. The largest absolute Gasteiger partial charge is 0.472 e. The molecule has 3 nitrogen and oxygen atoms in total. The summed E-state index contributed by atoms with van der Waals surface area (Å²) in [4.78, 5) is 0. The second-order valence-corrected chi connectivity index (χ2v) is 2.95. The molecule has 0 aliphatic carbocycles. The summed E-state index contributed by atoms with van der Waals surface area (Å²) in [5.74, 6) is 0.789. The molecule has 3 heteroatoms. The maximum atomic E-state index is 9.77. The minimum Gasteiger partial charge on any atom is -0.472 e. The number of aliphatic hydroxyl groups excluding tert-OH is 1. The molecule has 0 saturated heterocycles. The van der Waals surface area contributed by atoms with Gasteiger partial charge in [-0.15, -0.1) is 0 Å². The van der Waals surface area contributed by atoms with Crippen molar-refractivity contribution in [3.8, 4) is 0 Å². The molecule has 0 fully saturated rings. The Hall–Kier alpha value is -1.48. The molecule has 2 aromatic rings. The number of aliphatic hydroxyl groups is 1. The van der Waals surface area contributed by atoms with Crippen molar-refractivity contribution in [1.82, 2.24) is 0 Å². The molecule has 0 bridgehead atoms. The smallest absolute Gasteiger partial charge is 0.110 e. The van der Waals surface area contributed by atoms with E-state index in [1.165, 1.54) is 12.5 Å². The Kier molecular flexibility index (Phi) is 1.94. The molecule has 0 spiro atoms. The zero-order valence-electron chi connectivity index (χ0n) is 7.23. The number of furan rings is 2. The van der Waals surface area contributed by atoms with Crippen molar-refractivity contribution < 1.29 is 13.9 Å². The zero-order chi connectivity index (χ0) is 9.26. The van der Waals surface area contributed by atoms with Gasteiger partial charge in [0.15, 0.2) is 0 Å². The molecule has 0 radical (unpaired) electrons. The highest BCUT2D eigenvalue weighted by molar-refractivity contribution is 5.25. The van der Waals surface area contributed by atoms with E-state index in [-0.39, 0.29) is 0 Å². The monoisotopic (exact) mass is 178 g/mol. The summed E-state index contributed by atoms with van der Waals surface area (Å²) < 4.78 is 9.97. The van der Waals surface area contributed by atoms with E-state index in [1.807, 2.05) is 6.92 Å². The van der Waals surface area contributed by atoms with E-state index < -0.39 is 6.10 Å². The van der Waals surface area contributed by atoms with Crippen LogP contribution in [0.5, 0.6) is 0 Å². The lowest BCUT2D eigenvalue weighted by molar-refractivity contribution is 0.218. The molecule has 0 amide bonds. The highest BCUT2D eigenvalue weighted by atomic mass is 16.3. The second kappa shape index (κ2) is 3.11. The summed E-state index contributed by atoms with van der Waals surface area (Å²) in [6.07, 6.45) is 3.95. The van der Waals surface area contributed by atoms with E-state index >= 15 is 0 Å². The minimum absolute atomic E-state index is 0.656. The van der Waals surface area contributed by atoms with Crippen molar-refractivity contribution in [3.63, 3.8) is 0 Å². The molecule has 1 unspecified atom stereocenters. The van der Waals surface area contributed by atoms with Gasteiger partial charge >= 0.3 is 0 Å². The van der Waals surface area contributed by atoms with E-state index in [0.717, 1.165) is 16.9 Å². The SMILES string of the molecule is Cc1cc(C(O)c2ccoc2)co1. The van der Waals surface area contributed by atoms with Crippen molar-refractivity contribution in [1.29, 1.82) is 0 Å². The predicted octanol–water partition coefficient (Wildman–Crippen LogP) is 2.26. The minimum atomic E-state index is -0.656. The first kappa shape index (κ1) is 8.13. The third-order valence-electron chi connectivity index (χ3n) is 1.93. The molecule has 2 heterocycles. The molecule has 0 aromatic carbocycles. The molecular weight excluding hydrogens is 168 g/mol. The van der Waals surface area contributed by atoms with Gasteiger partial charge in [-0.1, -0.05) is 0 Å². The maximum Gasteiger partial charge on any atom is 0.110 e. The zero-order valence-corrected chi connectivity index (χ0v) is 7.23. The van der Waals surface area contributed by atoms with Crippen molar-refractivity contribution in [2.45, 2.75) is 13.0 Å². The van der Waals surface area contributed by atoms with Gasteiger partial charge in [-0.3, -0.25) is 0 Å². The van der Waals surface area contributed by atoms with Crippen LogP contribution in [-0.2, 0) is 0 Å². The van der Waals surface area contributed by atoms with Crippen LogP contribution in [0.25, 0.3) is 0 Å². The first-order valence-corrected chi connectivity index (χ1v) is 4.02. The van der Waals surface area contributed by atoms with Crippen molar-refractivity contribution in [2.75, 3.05) is 0 Å². The summed E-state index contributed by atoms with van der Waals surface area (Å²) in [7, 11) is 0. The summed E-state index contributed by atoms with van der Waals surface area (Å²) in [5.41, 5.74) is 1.49. The fourth-order valence-electron chi connectivity index (χ4n) is 1.23. The highest BCUT2D eigenvalue weighted by Crippen LogP contribution is 2.23. The summed E-state index contributed by atoms with van der Waals surface area (Å²) in [6, 6.07) is 3.53. The standard InChI is InChI=1S/C10H10O3/c1-7-4-9(6-13-7)10(11)8-2-3-12-5-8/h2-6,10-11H,1H3. The van der Waals surface area contributed by atoms with E-state index in [1.54, 1.807) is 18.4 Å². The van der Waals surface area contributed by atoms with Crippen LogP contribution in [0.1, 0.15) is 23.0 Å². The van der Waals surface area contributed by atoms with Crippen LogP contribution in [0.15, 0.2) is 39.8 Å². The van der Waals surface area contributed by atoms with Gasteiger partial charge < -0.3 is 13.9 Å². The predicted molar refractivity (Wildman–Crippen MR) is 46.2 cm³/mol. The van der Waals surface area contributed by atoms with Crippen molar-refractivity contribution in [3.05, 3.63) is 47.8 Å². The molecule has 1 atom stereocenters.